The summed E-state index contributed by atoms with van der Waals surface area (Å²) in [6.07, 6.45) is -4.62. The molecule has 0 spiro atoms. The molecule has 10 heteroatoms. The minimum atomic E-state index is -4.62. The van der Waals surface area contributed by atoms with Gasteiger partial charge in [0.05, 0.1) is 21.4 Å². The minimum Gasteiger partial charge on any atom is -0.560 e. The largest absolute Gasteiger partial charge is 1.00 e. The minimum absolute atomic E-state index is 0. The van der Waals surface area contributed by atoms with Crippen LogP contribution in [-0.2, 0) is 16.2 Å². The van der Waals surface area contributed by atoms with Crippen molar-refractivity contribution in [1.29, 1.82) is 0 Å². The van der Waals surface area contributed by atoms with Crippen molar-refractivity contribution < 1.29 is 40.4 Å². The Kier molecular flexibility index (Phi) is 5.92. The molecule has 5 nitrogen and oxygen atoms in total. The van der Waals surface area contributed by atoms with E-state index in [1.807, 2.05) is 6.92 Å². The summed E-state index contributed by atoms with van der Waals surface area (Å²) in [5, 5.41) is 10.7. The first-order valence-electron chi connectivity index (χ1n) is 7.40. The van der Waals surface area contributed by atoms with Crippen LogP contribution in [0.5, 0.6) is 0 Å². The van der Waals surface area contributed by atoms with Gasteiger partial charge in [-0.1, -0.05) is 29.8 Å². The Balaban J connectivity index is 0.00000261. The van der Waals surface area contributed by atoms with Gasteiger partial charge in [0.1, 0.15) is 0 Å². The molecular formula is C17H13F3LiN3O2S. The standard InChI is InChI=1S/C17H13F3N3O2S.Li/c1-11-2-4-12(5-3-11)15-10-16(17(18,19)20)22-23(15)13-6-8-14(9-7-13)26(21,24)25;/h2-10H,1H3,(H-,21,24,25);/q-1;+1. The van der Waals surface area contributed by atoms with E-state index in [4.69, 9.17) is 5.14 Å². The Bertz CT molecular complexity index is 1040. The molecule has 0 bridgehead atoms. The van der Waals surface area contributed by atoms with Crippen molar-refractivity contribution in [3.8, 4) is 16.9 Å². The molecule has 0 saturated carbocycles. The van der Waals surface area contributed by atoms with Gasteiger partial charge in [0.2, 0.25) is 0 Å². The van der Waals surface area contributed by atoms with E-state index >= 15 is 0 Å². The molecule has 3 rings (SSSR count). The molecule has 3 aromatic rings. The summed E-state index contributed by atoms with van der Waals surface area (Å²) in [6, 6.07) is 12.8. The Morgan fingerprint density at radius 2 is 1.56 bits per heavy atom. The van der Waals surface area contributed by atoms with E-state index in [1.165, 1.54) is 12.1 Å². The smallest absolute Gasteiger partial charge is 0.560 e. The molecule has 0 amide bonds. The van der Waals surface area contributed by atoms with Gasteiger partial charge >= 0.3 is 25.0 Å². The summed E-state index contributed by atoms with van der Waals surface area (Å²) in [7, 11) is -4.15. The number of nitrogens with zero attached hydrogens (tertiary/aromatic N) is 2. The summed E-state index contributed by atoms with van der Waals surface area (Å²) in [6.45, 7) is 1.86. The van der Waals surface area contributed by atoms with Crippen molar-refractivity contribution in [2.75, 3.05) is 0 Å². The van der Waals surface area contributed by atoms with E-state index in [-0.39, 0.29) is 35.1 Å². The van der Waals surface area contributed by atoms with Gasteiger partial charge in [-0.25, -0.2) is 13.1 Å². The SMILES string of the molecule is Cc1ccc(-c2cc(C(F)(F)F)nn2-c2ccc(S([NH-])(=O)=O)cc2)cc1.[Li+]. The number of nitrogens with one attached hydrogen (secondary N) is 1. The fourth-order valence-electron chi connectivity index (χ4n) is 2.41. The van der Waals surface area contributed by atoms with Gasteiger partial charge in [-0.3, -0.25) is 0 Å². The van der Waals surface area contributed by atoms with Crippen molar-refractivity contribution >= 4 is 10.0 Å². The predicted octanol–water partition coefficient (Wildman–Crippen LogP) is 1.61. The van der Waals surface area contributed by atoms with E-state index in [2.05, 4.69) is 5.10 Å². The molecule has 0 fully saturated rings. The van der Waals surface area contributed by atoms with Crippen molar-refractivity contribution in [1.82, 2.24) is 9.78 Å². The second kappa shape index (κ2) is 7.52. The first-order valence-corrected chi connectivity index (χ1v) is 8.88. The van der Waals surface area contributed by atoms with Gasteiger partial charge < -0.3 is 5.14 Å². The molecule has 0 saturated heterocycles. The summed E-state index contributed by atoms with van der Waals surface area (Å²) < 4.78 is 62.9. The molecule has 0 unspecified atom stereocenters. The summed E-state index contributed by atoms with van der Waals surface area (Å²) >= 11 is 0. The Morgan fingerprint density at radius 1 is 1.00 bits per heavy atom. The van der Waals surface area contributed by atoms with Gasteiger partial charge in [-0.2, -0.15) is 18.3 Å². The maximum atomic E-state index is 13.1. The van der Waals surface area contributed by atoms with Gasteiger partial charge in [-0.15, -0.1) is 0 Å². The molecule has 0 aliphatic rings. The predicted molar refractivity (Wildman–Crippen MR) is 90.2 cm³/mol. The zero-order chi connectivity index (χ0) is 19.1. The van der Waals surface area contributed by atoms with Gasteiger partial charge in [0.15, 0.2) is 5.69 Å². The number of aromatic nitrogens is 2. The zero-order valence-corrected chi connectivity index (χ0v) is 15.3. The third kappa shape index (κ3) is 4.62. The molecule has 2 aromatic carbocycles. The van der Waals surface area contributed by atoms with Crippen LogP contribution in [0.1, 0.15) is 11.3 Å². The molecule has 1 aromatic heterocycles. The molecule has 136 valence electrons. The van der Waals surface area contributed by atoms with Crippen molar-refractivity contribution in [2.24, 2.45) is 0 Å². The van der Waals surface area contributed by atoms with E-state index in [0.717, 1.165) is 28.4 Å². The second-order valence-corrected chi connectivity index (χ2v) is 7.17. The maximum Gasteiger partial charge on any atom is 1.00 e. The normalized spacial score (nSPS) is 11.9. The van der Waals surface area contributed by atoms with Gasteiger partial charge in [0, 0.05) is 10.5 Å². The van der Waals surface area contributed by atoms with Crippen LogP contribution in [0.15, 0.2) is 59.5 Å². The van der Waals surface area contributed by atoms with Gasteiger partial charge in [0.25, 0.3) is 0 Å². The van der Waals surface area contributed by atoms with Crippen LogP contribution in [0.3, 0.4) is 0 Å². The Morgan fingerprint density at radius 3 is 2.04 bits per heavy atom. The number of halogens is 3. The average Bonchev–Trinajstić information content (AvgIpc) is 3.00. The number of aryl methyl sites for hydroxylation is 1. The van der Waals surface area contributed by atoms with Crippen molar-refractivity contribution in [3.05, 3.63) is 71.0 Å². The topological polar surface area (TPSA) is 75.8 Å². The molecule has 1 heterocycles. The molecule has 0 atom stereocenters. The maximum absolute atomic E-state index is 13.1. The van der Waals surface area contributed by atoms with Crippen LogP contribution in [0.2, 0.25) is 0 Å². The van der Waals surface area contributed by atoms with Crippen LogP contribution >= 0.6 is 0 Å². The first-order chi connectivity index (χ1) is 12.1. The average molecular weight is 387 g/mol. The summed E-state index contributed by atoms with van der Waals surface area (Å²) in [5.74, 6) is 0. The number of hydrogen-bond donors (Lipinski definition) is 0. The molecule has 0 aliphatic carbocycles. The summed E-state index contributed by atoms with van der Waals surface area (Å²) in [4.78, 5) is -0.249. The van der Waals surface area contributed by atoms with Crippen molar-refractivity contribution in [2.45, 2.75) is 18.0 Å². The fraction of sp³-hybridized carbons (Fsp3) is 0.118. The van der Waals surface area contributed by atoms with Crippen LogP contribution < -0.4 is 18.9 Å². The van der Waals surface area contributed by atoms with E-state index in [0.29, 0.717) is 5.56 Å². The quantitative estimate of drug-likeness (QED) is 0.641. The molecule has 1 N–H and O–H groups in total. The van der Waals surface area contributed by atoms with E-state index in [1.54, 1.807) is 24.3 Å². The number of hydrogen-bond acceptors (Lipinski definition) is 3. The van der Waals surface area contributed by atoms with Crippen LogP contribution in [-0.4, -0.2) is 18.2 Å². The van der Waals surface area contributed by atoms with Gasteiger partial charge in [-0.05, 0) is 37.3 Å². The van der Waals surface area contributed by atoms with Crippen LogP contribution in [0.4, 0.5) is 13.2 Å². The van der Waals surface area contributed by atoms with Crippen molar-refractivity contribution in [3.63, 3.8) is 0 Å². The van der Waals surface area contributed by atoms with E-state index in [9.17, 15) is 21.6 Å². The molecular weight excluding hydrogens is 374 g/mol. The van der Waals surface area contributed by atoms with Crippen LogP contribution in [0.25, 0.3) is 22.1 Å². The van der Waals surface area contributed by atoms with Crippen LogP contribution in [0, 0.1) is 6.92 Å². The second-order valence-electron chi connectivity index (χ2n) is 5.69. The van der Waals surface area contributed by atoms with E-state index < -0.39 is 21.9 Å². The molecule has 0 radical (unpaired) electrons. The number of alkyl halides is 3. The Labute approximate surface area is 166 Å². The Hall–Kier alpha value is -2.05. The fourth-order valence-corrected chi connectivity index (χ4v) is 2.91. The summed E-state index contributed by atoms with van der Waals surface area (Å²) in [5.41, 5.74) is 0.921. The first kappa shape index (κ1) is 21.2. The third-order valence-electron chi connectivity index (χ3n) is 3.74. The number of benzene rings is 2. The number of sulfonamides is 1. The monoisotopic (exact) mass is 387 g/mol. The molecule has 0 aliphatic heterocycles. The number of rotatable bonds is 3. The zero-order valence-electron chi connectivity index (χ0n) is 14.4. The third-order valence-corrected chi connectivity index (χ3v) is 4.63. The molecule has 27 heavy (non-hydrogen) atoms.